The first-order chi connectivity index (χ1) is 21.1. The molecule has 4 heterocycles. The van der Waals surface area contributed by atoms with Gasteiger partial charge < -0.3 is 10.2 Å². The normalized spacial score (nSPS) is 10.6. The number of carboxylic acids is 2. The first-order valence-corrected chi connectivity index (χ1v) is 13.1. The van der Waals surface area contributed by atoms with Gasteiger partial charge in [0.1, 0.15) is 16.0 Å². The number of rotatable bonds is 3. The number of nitrogens with zero attached hydrogens (tertiary/aromatic N) is 4. The maximum atomic E-state index is 12.7. The van der Waals surface area contributed by atoms with Crippen molar-refractivity contribution in [1.29, 1.82) is 0 Å². The highest BCUT2D eigenvalue weighted by Gasteiger charge is 2.33. The molecule has 0 unspecified atom stereocenters. The summed E-state index contributed by atoms with van der Waals surface area (Å²) in [4.78, 5) is 44.0. The molecule has 0 spiro atoms. The molecule has 9 nitrogen and oxygen atoms in total. The molecule has 21 heteroatoms. The maximum Gasteiger partial charge on any atom is 0.417 e. The Kier molecular flexibility index (Phi) is 15.3. The first kappa shape index (κ1) is 40.0. The molecule has 0 aliphatic carbocycles. The van der Waals surface area contributed by atoms with Gasteiger partial charge in [-0.3, -0.25) is 9.78 Å². The number of carbonyl (C=O) groups is 3. The van der Waals surface area contributed by atoms with Crippen LogP contribution in [0.2, 0.25) is 10.0 Å². The summed E-state index contributed by atoms with van der Waals surface area (Å²) in [6.45, 7) is 0. The van der Waals surface area contributed by atoms with Gasteiger partial charge in [-0.05, 0) is 63.9 Å². The Labute approximate surface area is 274 Å². The first-order valence-electron chi connectivity index (χ1n) is 11.1. The molecule has 0 saturated heterocycles. The van der Waals surface area contributed by atoms with Crippen molar-refractivity contribution in [2.24, 2.45) is 0 Å². The van der Waals surface area contributed by atoms with Crippen LogP contribution in [-0.2, 0) is 12.4 Å². The standard InChI is InChI=1S/C7H3F4NO2.C6H2BrF4N.C6H3Cl2NO.C6H4ClNO2/c8-4-1-3(7(9,10)11)2-12-5(4)6(13)14;7-5-4(8)1-3(2-12-5)6(9,10)11;7-4-1-2-5(6(8)10)9-3-4;7-4-1-2-5(6(9)10)8-3-4/h1-2H,(H,13,14);1-2H;1-3H;1-3H,(H,9,10). The van der Waals surface area contributed by atoms with Gasteiger partial charge in [0, 0.05) is 24.8 Å². The quantitative estimate of drug-likeness (QED) is 0.119. The zero-order valence-electron chi connectivity index (χ0n) is 21.7. The van der Waals surface area contributed by atoms with Crippen molar-refractivity contribution < 1.29 is 59.7 Å². The molecular formula is C25H12BrCl3F8N4O5. The van der Waals surface area contributed by atoms with Gasteiger partial charge in [0.05, 0.1) is 21.2 Å². The van der Waals surface area contributed by atoms with Crippen molar-refractivity contribution >= 4 is 67.9 Å². The minimum Gasteiger partial charge on any atom is -0.477 e. The Morgan fingerprint density at radius 1 is 0.652 bits per heavy atom. The van der Waals surface area contributed by atoms with Crippen LogP contribution in [0.4, 0.5) is 35.1 Å². The third kappa shape index (κ3) is 14.0. The molecule has 46 heavy (non-hydrogen) atoms. The number of alkyl halides is 6. The number of halogens is 12. The van der Waals surface area contributed by atoms with Crippen LogP contribution in [0.3, 0.4) is 0 Å². The Hall–Kier alpha value is -4.00. The molecule has 0 amide bonds. The number of pyridine rings is 4. The highest BCUT2D eigenvalue weighted by molar-refractivity contribution is 9.10. The highest BCUT2D eigenvalue weighted by atomic mass is 79.9. The minimum absolute atomic E-state index is 0.00407. The second-order valence-corrected chi connectivity index (χ2v) is 9.62. The van der Waals surface area contributed by atoms with Gasteiger partial charge in [0.25, 0.3) is 5.24 Å². The van der Waals surface area contributed by atoms with Crippen LogP contribution in [0.5, 0.6) is 0 Å². The molecule has 0 atom stereocenters. The summed E-state index contributed by atoms with van der Waals surface area (Å²) in [6, 6.07) is 6.35. The molecule has 4 rings (SSSR count). The van der Waals surface area contributed by atoms with Gasteiger partial charge in [-0.1, -0.05) is 23.2 Å². The minimum atomic E-state index is -4.73. The third-order valence-corrected chi connectivity index (χ3v) is 5.59. The maximum absolute atomic E-state index is 12.7. The molecule has 0 aliphatic heterocycles. The number of hydrogen-bond acceptors (Lipinski definition) is 7. The van der Waals surface area contributed by atoms with E-state index < -0.39 is 58.0 Å². The van der Waals surface area contributed by atoms with E-state index in [1.54, 1.807) is 6.07 Å². The van der Waals surface area contributed by atoms with Crippen LogP contribution in [0, 0.1) is 11.6 Å². The van der Waals surface area contributed by atoms with E-state index >= 15 is 0 Å². The van der Waals surface area contributed by atoms with Crippen LogP contribution in [-0.4, -0.2) is 47.3 Å². The van der Waals surface area contributed by atoms with E-state index in [0.29, 0.717) is 22.3 Å². The molecule has 0 aromatic carbocycles. The number of carboxylic acid groups (broad SMARTS) is 2. The van der Waals surface area contributed by atoms with E-state index in [2.05, 4.69) is 35.9 Å². The predicted octanol–water partition coefficient (Wildman–Crippen LogP) is 8.49. The molecule has 0 fully saturated rings. The van der Waals surface area contributed by atoms with Crippen molar-refractivity contribution in [2.45, 2.75) is 12.4 Å². The molecule has 0 aliphatic rings. The summed E-state index contributed by atoms with van der Waals surface area (Å²) in [5, 5.41) is 17.0. The monoisotopic (exact) mass is 784 g/mol. The summed E-state index contributed by atoms with van der Waals surface area (Å²) >= 11 is 18.7. The largest absolute Gasteiger partial charge is 0.477 e. The fourth-order valence-electron chi connectivity index (χ4n) is 2.32. The van der Waals surface area contributed by atoms with Crippen LogP contribution < -0.4 is 0 Å². The molecule has 0 bridgehead atoms. The van der Waals surface area contributed by atoms with Crippen molar-refractivity contribution in [3.05, 3.63) is 116 Å². The van der Waals surface area contributed by atoms with Gasteiger partial charge in [-0.2, -0.15) is 26.3 Å². The Morgan fingerprint density at radius 2 is 1.09 bits per heavy atom. The van der Waals surface area contributed by atoms with Gasteiger partial charge in [-0.25, -0.2) is 33.3 Å². The van der Waals surface area contributed by atoms with E-state index in [0.717, 1.165) is 0 Å². The summed E-state index contributed by atoms with van der Waals surface area (Å²) in [5.74, 6) is -5.29. The molecule has 4 aromatic rings. The van der Waals surface area contributed by atoms with Gasteiger partial charge in [0.2, 0.25) is 0 Å². The summed E-state index contributed by atoms with van der Waals surface area (Å²) in [7, 11) is 0. The van der Waals surface area contributed by atoms with Crippen molar-refractivity contribution in [3.8, 4) is 0 Å². The number of aromatic carboxylic acids is 2. The van der Waals surface area contributed by atoms with Gasteiger partial charge >= 0.3 is 24.3 Å². The van der Waals surface area contributed by atoms with Crippen molar-refractivity contribution in [2.75, 3.05) is 0 Å². The third-order valence-electron chi connectivity index (χ3n) is 4.37. The average molecular weight is 787 g/mol. The number of aromatic nitrogens is 4. The Balaban J connectivity index is 0.000000310. The summed E-state index contributed by atoms with van der Waals surface area (Å²) < 4.78 is 96.4. The van der Waals surface area contributed by atoms with E-state index in [4.69, 9.17) is 45.0 Å². The van der Waals surface area contributed by atoms with Crippen LogP contribution in [0.25, 0.3) is 0 Å². The Morgan fingerprint density at radius 3 is 1.41 bits per heavy atom. The zero-order chi connectivity index (χ0) is 35.4. The van der Waals surface area contributed by atoms with Gasteiger partial charge in [0.15, 0.2) is 17.3 Å². The molecule has 4 aromatic heterocycles. The average Bonchev–Trinajstić information content (AvgIpc) is 2.95. The van der Waals surface area contributed by atoms with E-state index in [-0.39, 0.29) is 28.3 Å². The van der Waals surface area contributed by atoms with E-state index in [9.17, 15) is 49.5 Å². The van der Waals surface area contributed by atoms with Crippen LogP contribution in [0.1, 0.15) is 42.6 Å². The lowest BCUT2D eigenvalue weighted by Gasteiger charge is -2.06. The molecule has 0 radical (unpaired) electrons. The van der Waals surface area contributed by atoms with Crippen LogP contribution in [0.15, 0.2) is 65.8 Å². The molecule has 2 N–H and O–H groups in total. The molecule has 0 saturated carbocycles. The smallest absolute Gasteiger partial charge is 0.417 e. The zero-order valence-corrected chi connectivity index (χ0v) is 25.6. The van der Waals surface area contributed by atoms with E-state index in [1.807, 2.05) is 0 Å². The number of hydrogen-bond donors (Lipinski definition) is 2. The predicted molar refractivity (Wildman–Crippen MR) is 149 cm³/mol. The lowest BCUT2D eigenvalue weighted by Crippen LogP contribution is -2.10. The second kappa shape index (κ2) is 17.6. The lowest BCUT2D eigenvalue weighted by molar-refractivity contribution is -0.138. The topological polar surface area (TPSA) is 143 Å². The summed E-state index contributed by atoms with van der Waals surface area (Å²) in [5.41, 5.74) is -3.23. The van der Waals surface area contributed by atoms with E-state index in [1.165, 1.54) is 30.6 Å². The lowest BCUT2D eigenvalue weighted by atomic mass is 10.2. The highest BCUT2D eigenvalue weighted by Crippen LogP contribution is 2.30. The number of carbonyl (C=O) groups excluding carboxylic acids is 1. The van der Waals surface area contributed by atoms with Crippen molar-refractivity contribution in [1.82, 2.24) is 19.9 Å². The van der Waals surface area contributed by atoms with Gasteiger partial charge in [-0.15, -0.1) is 0 Å². The fourth-order valence-corrected chi connectivity index (χ4v) is 2.87. The Bertz CT molecular complexity index is 1610. The SMILES string of the molecule is Fc1cc(C(F)(F)F)cnc1Br.O=C(Cl)c1ccc(Cl)cn1.O=C(O)c1ccc(Cl)cn1.O=C(O)c1ncc(C(F)(F)F)cc1F. The van der Waals surface area contributed by atoms with Crippen molar-refractivity contribution in [3.63, 3.8) is 0 Å². The second-order valence-electron chi connectivity index (χ2n) is 7.65. The summed E-state index contributed by atoms with van der Waals surface area (Å²) in [6.07, 6.45) is -5.78. The van der Waals surface area contributed by atoms with Crippen LogP contribution >= 0.6 is 50.7 Å². The molecule has 246 valence electrons. The molecular weight excluding hydrogens is 775 g/mol. The fraction of sp³-hybridized carbons (Fsp3) is 0.0800.